The standard InChI is InChI=1S/C12H17N3O6/c1-20-10(18)2-6-4-15(12(19)14-11(6)13)9-3-7(17)8(5-16)21-9/h4,7-9,16-17H,2-3,5H2,1H3,(H2,13,14,19)/t7-,8+,9+/m0/s1. The van der Waals surface area contributed by atoms with E-state index in [4.69, 9.17) is 15.6 Å². The molecule has 9 nitrogen and oxygen atoms in total. The summed E-state index contributed by atoms with van der Waals surface area (Å²) in [6.07, 6.45) is -1.05. The number of nitrogens with two attached hydrogens (primary N) is 1. The zero-order valence-electron chi connectivity index (χ0n) is 11.4. The van der Waals surface area contributed by atoms with Crippen LogP contribution in [0.25, 0.3) is 0 Å². The lowest BCUT2D eigenvalue weighted by molar-refractivity contribution is -0.139. The molecule has 21 heavy (non-hydrogen) atoms. The second-order valence-corrected chi connectivity index (χ2v) is 4.71. The summed E-state index contributed by atoms with van der Waals surface area (Å²) in [5, 5.41) is 18.8. The minimum Gasteiger partial charge on any atom is -0.469 e. The molecule has 116 valence electrons. The Morgan fingerprint density at radius 3 is 2.95 bits per heavy atom. The first kappa shape index (κ1) is 15.4. The van der Waals surface area contributed by atoms with Crippen molar-refractivity contribution in [2.24, 2.45) is 0 Å². The summed E-state index contributed by atoms with van der Waals surface area (Å²) in [5.74, 6) is -0.576. The van der Waals surface area contributed by atoms with Gasteiger partial charge in [0.15, 0.2) is 0 Å². The first-order valence-corrected chi connectivity index (χ1v) is 6.35. The van der Waals surface area contributed by atoms with Gasteiger partial charge in [-0.05, 0) is 0 Å². The van der Waals surface area contributed by atoms with Crippen molar-refractivity contribution in [3.8, 4) is 0 Å². The second-order valence-electron chi connectivity index (χ2n) is 4.71. The summed E-state index contributed by atoms with van der Waals surface area (Å²) < 4.78 is 11.1. The molecule has 1 aromatic heterocycles. The van der Waals surface area contributed by atoms with Gasteiger partial charge in [-0.1, -0.05) is 0 Å². The SMILES string of the molecule is COC(=O)Cc1cn([C@H]2C[C@H](O)[C@@H](CO)O2)c(=O)nc1N. The number of hydrogen-bond acceptors (Lipinski definition) is 8. The number of ether oxygens (including phenoxy) is 2. The number of aliphatic hydroxyl groups is 2. The Morgan fingerprint density at radius 2 is 2.38 bits per heavy atom. The van der Waals surface area contributed by atoms with E-state index in [1.54, 1.807) is 0 Å². The average Bonchev–Trinajstić information content (AvgIpc) is 2.82. The maximum Gasteiger partial charge on any atom is 0.351 e. The fourth-order valence-corrected chi connectivity index (χ4v) is 2.14. The maximum atomic E-state index is 11.9. The van der Waals surface area contributed by atoms with Crippen molar-refractivity contribution in [3.63, 3.8) is 0 Å². The molecule has 0 spiro atoms. The van der Waals surface area contributed by atoms with E-state index in [0.717, 1.165) is 4.57 Å². The van der Waals surface area contributed by atoms with Crippen molar-refractivity contribution in [1.82, 2.24) is 9.55 Å². The minimum atomic E-state index is -0.881. The van der Waals surface area contributed by atoms with Crippen molar-refractivity contribution in [1.29, 1.82) is 0 Å². The Balaban J connectivity index is 2.30. The van der Waals surface area contributed by atoms with Crippen LogP contribution >= 0.6 is 0 Å². The summed E-state index contributed by atoms with van der Waals surface area (Å²) >= 11 is 0. The van der Waals surface area contributed by atoms with Crippen LogP contribution < -0.4 is 11.4 Å². The molecule has 2 heterocycles. The van der Waals surface area contributed by atoms with Gasteiger partial charge in [0, 0.05) is 18.2 Å². The van der Waals surface area contributed by atoms with E-state index in [1.165, 1.54) is 13.3 Å². The number of aromatic nitrogens is 2. The van der Waals surface area contributed by atoms with Gasteiger partial charge in [0.25, 0.3) is 0 Å². The number of rotatable bonds is 4. The molecule has 3 atom stereocenters. The fourth-order valence-electron chi connectivity index (χ4n) is 2.14. The van der Waals surface area contributed by atoms with Crippen LogP contribution in [0.15, 0.2) is 11.0 Å². The maximum absolute atomic E-state index is 11.9. The molecule has 2 rings (SSSR count). The summed E-state index contributed by atoms with van der Waals surface area (Å²) in [6.45, 7) is -0.357. The third kappa shape index (κ3) is 3.20. The molecular formula is C12H17N3O6. The van der Waals surface area contributed by atoms with E-state index in [0.29, 0.717) is 5.56 Å². The molecule has 0 bridgehead atoms. The molecule has 1 aliphatic rings. The lowest BCUT2D eigenvalue weighted by Crippen LogP contribution is -2.29. The van der Waals surface area contributed by atoms with Crippen LogP contribution in [-0.4, -0.2) is 51.7 Å². The summed E-state index contributed by atoms with van der Waals surface area (Å²) in [7, 11) is 1.24. The van der Waals surface area contributed by atoms with Gasteiger partial charge >= 0.3 is 11.7 Å². The number of anilines is 1. The Bertz CT molecular complexity index is 587. The van der Waals surface area contributed by atoms with Crippen molar-refractivity contribution < 1.29 is 24.5 Å². The normalized spacial score (nSPS) is 25.0. The number of methoxy groups -OCH3 is 1. The zero-order valence-corrected chi connectivity index (χ0v) is 11.4. The smallest absolute Gasteiger partial charge is 0.351 e. The first-order chi connectivity index (χ1) is 9.96. The molecule has 9 heteroatoms. The van der Waals surface area contributed by atoms with Gasteiger partial charge in [-0.2, -0.15) is 4.98 Å². The Kier molecular flexibility index (Phi) is 4.56. The van der Waals surface area contributed by atoms with Gasteiger partial charge in [0.1, 0.15) is 18.1 Å². The molecule has 1 saturated heterocycles. The molecule has 0 aliphatic carbocycles. The summed E-state index contributed by atoms with van der Waals surface area (Å²) in [6, 6.07) is 0. The van der Waals surface area contributed by atoms with E-state index >= 15 is 0 Å². The Hall–Kier alpha value is -1.97. The predicted molar refractivity (Wildman–Crippen MR) is 70.2 cm³/mol. The third-order valence-electron chi connectivity index (χ3n) is 3.32. The average molecular weight is 299 g/mol. The van der Waals surface area contributed by atoms with E-state index in [9.17, 15) is 14.7 Å². The highest BCUT2D eigenvalue weighted by Gasteiger charge is 2.35. The number of hydrogen-bond donors (Lipinski definition) is 3. The van der Waals surface area contributed by atoms with E-state index in [-0.39, 0.29) is 25.3 Å². The quantitative estimate of drug-likeness (QED) is 0.553. The topological polar surface area (TPSA) is 137 Å². The number of nitrogens with zero attached hydrogens (tertiary/aromatic N) is 2. The molecule has 4 N–H and O–H groups in total. The predicted octanol–water partition coefficient (Wildman–Crippen LogP) is -1.82. The van der Waals surface area contributed by atoms with E-state index in [2.05, 4.69) is 9.72 Å². The largest absolute Gasteiger partial charge is 0.469 e. The van der Waals surface area contributed by atoms with Crippen LogP contribution in [0.3, 0.4) is 0 Å². The van der Waals surface area contributed by atoms with Crippen molar-refractivity contribution in [2.75, 3.05) is 19.5 Å². The zero-order chi connectivity index (χ0) is 15.6. The second kappa shape index (κ2) is 6.20. The van der Waals surface area contributed by atoms with Gasteiger partial charge < -0.3 is 25.4 Å². The molecule has 0 radical (unpaired) electrons. The van der Waals surface area contributed by atoms with Crippen molar-refractivity contribution in [2.45, 2.75) is 31.3 Å². The Morgan fingerprint density at radius 1 is 1.67 bits per heavy atom. The monoisotopic (exact) mass is 299 g/mol. The number of esters is 1. The molecule has 0 aromatic carbocycles. The number of carbonyl (C=O) groups is 1. The minimum absolute atomic E-state index is 0.0566. The summed E-state index contributed by atoms with van der Waals surface area (Å²) in [4.78, 5) is 26.8. The molecule has 0 saturated carbocycles. The van der Waals surface area contributed by atoms with Gasteiger partial charge in [-0.15, -0.1) is 0 Å². The van der Waals surface area contributed by atoms with Gasteiger partial charge in [0.05, 0.1) is 26.2 Å². The lowest BCUT2D eigenvalue weighted by Gasteiger charge is -2.16. The van der Waals surface area contributed by atoms with Crippen LogP contribution in [0.5, 0.6) is 0 Å². The van der Waals surface area contributed by atoms with Crippen molar-refractivity contribution in [3.05, 3.63) is 22.2 Å². The molecule has 0 amide bonds. The molecule has 1 aromatic rings. The molecule has 1 aliphatic heterocycles. The van der Waals surface area contributed by atoms with Gasteiger partial charge in [0.2, 0.25) is 0 Å². The molecular weight excluding hydrogens is 282 g/mol. The van der Waals surface area contributed by atoms with E-state index in [1.807, 2.05) is 0 Å². The number of nitrogen functional groups attached to an aromatic ring is 1. The third-order valence-corrected chi connectivity index (χ3v) is 3.32. The first-order valence-electron chi connectivity index (χ1n) is 6.35. The molecule has 0 unspecified atom stereocenters. The van der Waals surface area contributed by atoms with E-state index < -0.39 is 30.1 Å². The number of aliphatic hydroxyl groups excluding tert-OH is 2. The molecule has 1 fully saturated rings. The van der Waals surface area contributed by atoms with Crippen LogP contribution in [0.1, 0.15) is 18.2 Å². The highest BCUT2D eigenvalue weighted by atomic mass is 16.5. The van der Waals surface area contributed by atoms with Crippen LogP contribution in [0.4, 0.5) is 5.82 Å². The summed E-state index contributed by atoms with van der Waals surface area (Å²) in [5.41, 5.74) is 5.28. The number of carbonyl (C=O) groups excluding carboxylic acids is 1. The lowest BCUT2D eigenvalue weighted by atomic mass is 10.2. The fraction of sp³-hybridized carbons (Fsp3) is 0.583. The highest BCUT2D eigenvalue weighted by Crippen LogP contribution is 2.27. The van der Waals surface area contributed by atoms with Crippen LogP contribution in [-0.2, 0) is 20.7 Å². The van der Waals surface area contributed by atoms with Crippen molar-refractivity contribution >= 4 is 11.8 Å². The van der Waals surface area contributed by atoms with Crippen LogP contribution in [0, 0.1) is 0 Å². The van der Waals surface area contributed by atoms with Gasteiger partial charge in [-0.3, -0.25) is 9.36 Å². The highest BCUT2D eigenvalue weighted by molar-refractivity contribution is 5.73. The van der Waals surface area contributed by atoms with Crippen LogP contribution in [0.2, 0.25) is 0 Å². The Labute approximate surface area is 119 Å². The van der Waals surface area contributed by atoms with Gasteiger partial charge in [-0.25, -0.2) is 4.79 Å².